The summed E-state index contributed by atoms with van der Waals surface area (Å²) in [6.45, 7) is 1.66. The molecular formula is C20H12ClFN4O4. The molecule has 0 fully saturated rings. The van der Waals surface area contributed by atoms with Crippen LogP contribution in [0.1, 0.15) is 16.1 Å². The molecule has 0 aliphatic rings. The smallest absolute Gasteiger partial charge is 0.289 e. The first kappa shape index (κ1) is 19.5. The van der Waals surface area contributed by atoms with Gasteiger partial charge in [0, 0.05) is 17.3 Å². The van der Waals surface area contributed by atoms with Crippen LogP contribution in [-0.4, -0.2) is 21.0 Å². The molecule has 0 atom stereocenters. The van der Waals surface area contributed by atoms with E-state index in [0.717, 1.165) is 0 Å². The Balaban J connectivity index is 1.78. The van der Waals surface area contributed by atoms with Gasteiger partial charge in [-0.25, -0.2) is 9.37 Å². The molecule has 8 nitrogen and oxygen atoms in total. The molecule has 1 N–H and O–H groups in total. The number of nitro groups is 1. The zero-order valence-electron chi connectivity index (χ0n) is 15.3. The Morgan fingerprint density at radius 3 is 2.63 bits per heavy atom. The van der Waals surface area contributed by atoms with E-state index >= 15 is 0 Å². The predicted octanol–water partition coefficient (Wildman–Crippen LogP) is 5.15. The van der Waals surface area contributed by atoms with Crippen molar-refractivity contribution in [1.82, 2.24) is 10.1 Å². The maximum Gasteiger partial charge on any atom is 0.289 e. The topological polar surface area (TPSA) is 111 Å². The fourth-order valence-electron chi connectivity index (χ4n) is 2.97. The number of aryl methyl sites for hydroxylation is 1. The number of nitrogens with zero attached hydrogens (tertiary/aromatic N) is 3. The average molecular weight is 427 g/mol. The van der Waals surface area contributed by atoms with Gasteiger partial charge in [-0.2, -0.15) is 0 Å². The Morgan fingerprint density at radius 1 is 1.20 bits per heavy atom. The number of aromatic nitrogens is 2. The number of nitro benzene ring substituents is 1. The van der Waals surface area contributed by atoms with Gasteiger partial charge in [0.15, 0.2) is 0 Å². The van der Waals surface area contributed by atoms with Gasteiger partial charge in [0.05, 0.1) is 27.3 Å². The number of carbonyl (C=O) groups is 1. The van der Waals surface area contributed by atoms with Crippen molar-refractivity contribution in [3.05, 3.63) is 80.7 Å². The molecule has 0 bridgehead atoms. The molecule has 0 aliphatic heterocycles. The van der Waals surface area contributed by atoms with Crippen molar-refractivity contribution in [2.45, 2.75) is 6.92 Å². The van der Waals surface area contributed by atoms with Crippen molar-refractivity contribution in [2.75, 3.05) is 5.32 Å². The average Bonchev–Trinajstić information content (AvgIpc) is 3.10. The number of halogens is 2. The van der Waals surface area contributed by atoms with Crippen LogP contribution in [-0.2, 0) is 0 Å². The summed E-state index contributed by atoms with van der Waals surface area (Å²) in [5, 5.41) is 17.9. The molecule has 2 aromatic carbocycles. The number of hydrogen-bond acceptors (Lipinski definition) is 6. The van der Waals surface area contributed by atoms with Gasteiger partial charge >= 0.3 is 0 Å². The normalized spacial score (nSPS) is 10.9. The minimum absolute atomic E-state index is 0.0437. The summed E-state index contributed by atoms with van der Waals surface area (Å²) in [7, 11) is 0. The van der Waals surface area contributed by atoms with Crippen LogP contribution in [0.3, 0.4) is 0 Å². The van der Waals surface area contributed by atoms with Crippen LogP contribution in [0.4, 0.5) is 15.8 Å². The highest BCUT2D eigenvalue weighted by molar-refractivity contribution is 6.32. The molecule has 1 amide bonds. The lowest BCUT2D eigenvalue weighted by Gasteiger charge is -2.09. The van der Waals surface area contributed by atoms with Crippen LogP contribution in [0.25, 0.3) is 22.4 Å². The summed E-state index contributed by atoms with van der Waals surface area (Å²) in [5.41, 5.74) is 1.61. The van der Waals surface area contributed by atoms with Crippen LogP contribution in [0.15, 0.2) is 53.1 Å². The quantitative estimate of drug-likeness (QED) is 0.356. The first-order chi connectivity index (χ1) is 14.3. The van der Waals surface area contributed by atoms with Gasteiger partial charge in [-0.05, 0) is 49.4 Å². The fourth-order valence-corrected chi connectivity index (χ4v) is 3.16. The van der Waals surface area contributed by atoms with Crippen molar-refractivity contribution in [3.63, 3.8) is 0 Å². The summed E-state index contributed by atoms with van der Waals surface area (Å²) in [6.07, 6.45) is 0. The van der Waals surface area contributed by atoms with E-state index in [-0.39, 0.29) is 27.7 Å². The lowest BCUT2D eigenvalue weighted by atomic mass is 10.0. The van der Waals surface area contributed by atoms with Crippen LogP contribution in [0.5, 0.6) is 0 Å². The SMILES string of the molecule is Cc1noc2nc(-c3ccc(F)cc3)cc(C(=O)Nc3ccc(Cl)c([N+](=O)[O-])c3)c12. The zero-order valence-corrected chi connectivity index (χ0v) is 16.1. The van der Waals surface area contributed by atoms with E-state index in [0.29, 0.717) is 22.3 Å². The Kier molecular flexibility index (Phi) is 4.88. The Bertz CT molecular complexity index is 1300. The van der Waals surface area contributed by atoms with Crippen LogP contribution >= 0.6 is 11.6 Å². The molecular weight excluding hydrogens is 415 g/mol. The highest BCUT2D eigenvalue weighted by Gasteiger charge is 2.21. The standard InChI is InChI=1S/C20H12ClFN4O4/c1-10-18-14(19(27)23-13-6-7-15(21)17(8-13)26(28)29)9-16(24-20(18)30-25-10)11-2-4-12(22)5-3-11/h2-9H,1H3,(H,23,27). The van der Waals surface area contributed by atoms with E-state index in [1.165, 1.54) is 48.5 Å². The molecule has 0 saturated heterocycles. The number of fused-ring (bicyclic) bond motifs is 1. The second-order valence-electron chi connectivity index (χ2n) is 6.39. The number of rotatable bonds is 4. The van der Waals surface area contributed by atoms with Gasteiger partial charge in [-0.3, -0.25) is 14.9 Å². The molecule has 10 heteroatoms. The first-order valence-electron chi connectivity index (χ1n) is 8.62. The largest absolute Gasteiger partial charge is 0.335 e. The minimum Gasteiger partial charge on any atom is -0.335 e. The summed E-state index contributed by atoms with van der Waals surface area (Å²) >= 11 is 5.82. The van der Waals surface area contributed by atoms with Crippen molar-refractivity contribution in [2.24, 2.45) is 0 Å². The van der Waals surface area contributed by atoms with E-state index in [1.807, 2.05) is 0 Å². The third-order valence-corrected chi connectivity index (χ3v) is 4.72. The maximum absolute atomic E-state index is 13.3. The number of amides is 1. The van der Waals surface area contributed by atoms with Gasteiger partial charge in [-0.1, -0.05) is 16.8 Å². The van der Waals surface area contributed by atoms with Crippen molar-refractivity contribution >= 4 is 40.0 Å². The second kappa shape index (κ2) is 7.53. The molecule has 0 saturated carbocycles. The molecule has 150 valence electrons. The Hall–Kier alpha value is -3.85. The van der Waals surface area contributed by atoms with Crippen LogP contribution < -0.4 is 5.32 Å². The van der Waals surface area contributed by atoms with Crippen molar-refractivity contribution in [3.8, 4) is 11.3 Å². The lowest BCUT2D eigenvalue weighted by molar-refractivity contribution is -0.384. The Morgan fingerprint density at radius 2 is 1.93 bits per heavy atom. The second-order valence-corrected chi connectivity index (χ2v) is 6.79. The molecule has 4 rings (SSSR count). The summed E-state index contributed by atoms with van der Waals surface area (Å²) in [6, 6.07) is 11.1. The number of pyridine rings is 1. The maximum atomic E-state index is 13.3. The molecule has 30 heavy (non-hydrogen) atoms. The Labute approximate surface area is 173 Å². The van der Waals surface area contributed by atoms with E-state index < -0.39 is 16.6 Å². The zero-order chi connectivity index (χ0) is 21.4. The van der Waals surface area contributed by atoms with Gasteiger partial charge < -0.3 is 9.84 Å². The molecule has 0 aliphatic carbocycles. The third kappa shape index (κ3) is 3.58. The van der Waals surface area contributed by atoms with Crippen molar-refractivity contribution < 1.29 is 18.6 Å². The van der Waals surface area contributed by atoms with Crippen LogP contribution in [0.2, 0.25) is 5.02 Å². The van der Waals surface area contributed by atoms with Gasteiger partial charge in [0.2, 0.25) is 0 Å². The molecule has 0 radical (unpaired) electrons. The number of carbonyl (C=O) groups excluding carboxylic acids is 1. The van der Waals surface area contributed by atoms with Gasteiger partial charge in [-0.15, -0.1) is 0 Å². The molecule has 2 aromatic heterocycles. The minimum atomic E-state index is -0.639. The van der Waals surface area contributed by atoms with E-state index in [2.05, 4.69) is 15.5 Å². The molecule has 0 unspecified atom stereocenters. The first-order valence-corrected chi connectivity index (χ1v) is 8.99. The predicted molar refractivity (Wildman–Crippen MR) is 108 cm³/mol. The molecule has 2 heterocycles. The summed E-state index contributed by atoms with van der Waals surface area (Å²) in [4.78, 5) is 27.8. The van der Waals surface area contributed by atoms with Crippen LogP contribution in [0, 0.1) is 22.9 Å². The molecule has 4 aromatic rings. The van der Waals surface area contributed by atoms with Gasteiger partial charge in [0.25, 0.3) is 17.3 Å². The third-order valence-electron chi connectivity index (χ3n) is 4.40. The molecule has 0 spiro atoms. The van der Waals surface area contributed by atoms with E-state index in [1.54, 1.807) is 6.92 Å². The van der Waals surface area contributed by atoms with Gasteiger partial charge in [0.1, 0.15) is 10.8 Å². The summed E-state index contributed by atoms with van der Waals surface area (Å²) in [5.74, 6) is -0.952. The highest BCUT2D eigenvalue weighted by atomic mass is 35.5. The number of hydrogen-bond donors (Lipinski definition) is 1. The monoisotopic (exact) mass is 426 g/mol. The number of nitrogens with one attached hydrogen (secondary N) is 1. The van der Waals surface area contributed by atoms with E-state index in [4.69, 9.17) is 16.1 Å². The van der Waals surface area contributed by atoms with E-state index in [9.17, 15) is 19.3 Å². The highest BCUT2D eigenvalue weighted by Crippen LogP contribution is 2.30. The fraction of sp³-hybridized carbons (Fsp3) is 0.0500. The lowest BCUT2D eigenvalue weighted by Crippen LogP contribution is -2.13. The van der Waals surface area contributed by atoms with Crippen molar-refractivity contribution in [1.29, 1.82) is 0 Å². The summed E-state index contributed by atoms with van der Waals surface area (Å²) < 4.78 is 18.5. The number of benzene rings is 2. The number of anilines is 1.